The van der Waals surface area contributed by atoms with E-state index in [2.05, 4.69) is 67.8 Å². The van der Waals surface area contributed by atoms with Gasteiger partial charge in [-0.15, -0.1) is 11.3 Å². The van der Waals surface area contributed by atoms with Crippen LogP contribution in [0.2, 0.25) is 0 Å². The predicted octanol–water partition coefficient (Wildman–Crippen LogP) is 4.22. The third-order valence-electron chi connectivity index (χ3n) is 4.95. The number of aromatic nitrogens is 3. The van der Waals surface area contributed by atoms with Crippen LogP contribution in [0.15, 0.2) is 65.0 Å². The van der Waals surface area contributed by atoms with Crippen LogP contribution >= 0.6 is 11.3 Å². The van der Waals surface area contributed by atoms with E-state index in [0.717, 1.165) is 53.1 Å². The highest BCUT2D eigenvalue weighted by molar-refractivity contribution is 7.09. The number of guanidine groups is 1. The third kappa shape index (κ3) is 4.68. The molecule has 4 rings (SSSR count). The van der Waals surface area contributed by atoms with Crippen molar-refractivity contribution in [1.29, 1.82) is 0 Å². The summed E-state index contributed by atoms with van der Waals surface area (Å²) in [6.45, 7) is 4.47. The fraction of sp³-hybridized carbons (Fsp3) is 0.261. The lowest BCUT2D eigenvalue weighted by atomic mass is 10.2. The average Bonchev–Trinajstić information content (AvgIpc) is 3.38. The largest absolute Gasteiger partial charge is 0.356 e. The van der Waals surface area contributed by atoms with Crippen molar-refractivity contribution in [1.82, 2.24) is 25.2 Å². The van der Waals surface area contributed by atoms with Crippen LogP contribution in [0.5, 0.6) is 0 Å². The van der Waals surface area contributed by atoms with Crippen molar-refractivity contribution < 1.29 is 0 Å². The summed E-state index contributed by atoms with van der Waals surface area (Å²) in [5, 5.41) is 9.88. The maximum absolute atomic E-state index is 4.72. The van der Waals surface area contributed by atoms with Gasteiger partial charge in [0.25, 0.3) is 0 Å². The van der Waals surface area contributed by atoms with E-state index in [-0.39, 0.29) is 0 Å². The highest BCUT2D eigenvalue weighted by Crippen LogP contribution is 2.21. The number of nitrogens with one attached hydrogen (secondary N) is 2. The number of nitrogens with zero attached hydrogens (tertiary/aromatic N) is 4. The topological polar surface area (TPSA) is 67.1 Å². The van der Waals surface area contributed by atoms with E-state index >= 15 is 0 Å². The minimum absolute atomic E-state index is 0.655. The van der Waals surface area contributed by atoms with Crippen LogP contribution in [0.3, 0.4) is 0 Å². The SMILES string of the molecule is CN=C(NCCCn1c(C)nc2ccccc21)NCc1nc(-c2ccccc2)cs1. The summed E-state index contributed by atoms with van der Waals surface area (Å²) in [7, 11) is 1.79. The van der Waals surface area contributed by atoms with E-state index in [1.807, 2.05) is 24.3 Å². The molecule has 0 bridgehead atoms. The zero-order chi connectivity index (χ0) is 20.8. The van der Waals surface area contributed by atoms with E-state index in [0.29, 0.717) is 6.54 Å². The number of hydrogen-bond acceptors (Lipinski definition) is 4. The fourth-order valence-corrected chi connectivity index (χ4v) is 4.18. The Morgan fingerprint density at radius 3 is 2.67 bits per heavy atom. The van der Waals surface area contributed by atoms with E-state index in [1.165, 1.54) is 5.52 Å². The standard InChI is InChI=1S/C23H26N6S/c1-17-27-19-11-6-7-12-21(19)29(17)14-8-13-25-23(24-2)26-15-22-28-20(16-30-22)18-9-4-3-5-10-18/h3-7,9-12,16H,8,13-15H2,1-2H3,(H2,24,25,26). The Morgan fingerprint density at radius 1 is 1.03 bits per heavy atom. The van der Waals surface area contributed by atoms with Crippen LogP contribution in [0.4, 0.5) is 0 Å². The van der Waals surface area contributed by atoms with Gasteiger partial charge in [-0.1, -0.05) is 42.5 Å². The summed E-state index contributed by atoms with van der Waals surface area (Å²) >= 11 is 1.66. The molecule has 4 aromatic rings. The molecule has 0 amide bonds. The first-order valence-corrected chi connectivity index (χ1v) is 11.0. The molecule has 0 aliphatic heterocycles. The van der Waals surface area contributed by atoms with Gasteiger partial charge in [-0.3, -0.25) is 4.99 Å². The van der Waals surface area contributed by atoms with Gasteiger partial charge in [0.05, 0.1) is 23.3 Å². The quantitative estimate of drug-likeness (QED) is 0.268. The van der Waals surface area contributed by atoms with Crippen LogP contribution in [-0.2, 0) is 13.1 Å². The predicted molar refractivity (Wildman–Crippen MR) is 125 cm³/mol. The summed E-state index contributed by atoms with van der Waals surface area (Å²) in [5.74, 6) is 1.84. The second-order valence-electron chi connectivity index (χ2n) is 7.00. The molecule has 0 spiro atoms. The van der Waals surface area contributed by atoms with Crippen LogP contribution in [0.1, 0.15) is 17.3 Å². The minimum Gasteiger partial charge on any atom is -0.356 e. The lowest BCUT2D eigenvalue weighted by Gasteiger charge is -2.12. The summed E-state index contributed by atoms with van der Waals surface area (Å²) in [4.78, 5) is 13.7. The maximum atomic E-state index is 4.72. The minimum atomic E-state index is 0.655. The first-order valence-electron chi connectivity index (χ1n) is 10.1. The highest BCUT2D eigenvalue weighted by Gasteiger charge is 2.07. The number of rotatable bonds is 7. The number of aryl methyl sites for hydroxylation is 2. The summed E-state index contributed by atoms with van der Waals surface area (Å²) in [6.07, 6.45) is 0.983. The number of thiazole rings is 1. The molecule has 2 aromatic heterocycles. The lowest BCUT2D eigenvalue weighted by Crippen LogP contribution is -2.37. The zero-order valence-corrected chi connectivity index (χ0v) is 18.1. The van der Waals surface area contributed by atoms with Gasteiger partial charge in [0.15, 0.2) is 5.96 Å². The molecule has 2 heterocycles. The second-order valence-corrected chi connectivity index (χ2v) is 7.94. The number of fused-ring (bicyclic) bond motifs is 1. The van der Waals surface area contributed by atoms with Gasteiger partial charge in [0.1, 0.15) is 10.8 Å². The summed E-state index contributed by atoms with van der Waals surface area (Å²) < 4.78 is 2.27. The monoisotopic (exact) mass is 418 g/mol. The lowest BCUT2D eigenvalue weighted by molar-refractivity contribution is 0.624. The molecule has 0 radical (unpaired) electrons. The molecule has 7 heteroatoms. The van der Waals surface area contributed by atoms with E-state index in [9.17, 15) is 0 Å². The molecule has 30 heavy (non-hydrogen) atoms. The van der Waals surface area contributed by atoms with Gasteiger partial charge >= 0.3 is 0 Å². The molecule has 154 valence electrons. The molecular weight excluding hydrogens is 392 g/mol. The van der Waals surface area contributed by atoms with Crippen molar-refractivity contribution in [2.24, 2.45) is 4.99 Å². The van der Waals surface area contributed by atoms with Crippen molar-refractivity contribution in [2.75, 3.05) is 13.6 Å². The molecule has 0 fully saturated rings. The number of para-hydroxylation sites is 2. The number of benzene rings is 2. The van der Waals surface area contributed by atoms with E-state index in [4.69, 9.17) is 4.98 Å². The van der Waals surface area contributed by atoms with Crippen LogP contribution in [0, 0.1) is 6.92 Å². The summed E-state index contributed by atoms with van der Waals surface area (Å²) in [6, 6.07) is 18.5. The Morgan fingerprint density at radius 2 is 1.83 bits per heavy atom. The van der Waals surface area contributed by atoms with Gasteiger partial charge in [0, 0.05) is 31.1 Å². The van der Waals surface area contributed by atoms with E-state index < -0.39 is 0 Å². The second kappa shape index (κ2) is 9.54. The number of imidazole rings is 1. The van der Waals surface area contributed by atoms with Crippen molar-refractivity contribution in [3.8, 4) is 11.3 Å². The molecule has 2 aromatic carbocycles. The van der Waals surface area contributed by atoms with Gasteiger partial charge in [-0.25, -0.2) is 9.97 Å². The molecular formula is C23H26N6S. The Bertz CT molecular complexity index is 1130. The Labute approximate surface area is 180 Å². The van der Waals surface area contributed by atoms with Crippen molar-refractivity contribution in [3.05, 3.63) is 70.8 Å². The Balaban J connectivity index is 1.25. The molecule has 0 unspecified atom stereocenters. The Kier molecular flexibility index (Phi) is 6.39. The fourth-order valence-electron chi connectivity index (χ4n) is 3.44. The van der Waals surface area contributed by atoms with E-state index in [1.54, 1.807) is 18.4 Å². The van der Waals surface area contributed by atoms with Gasteiger partial charge in [0.2, 0.25) is 0 Å². The zero-order valence-electron chi connectivity index (χ0n) is 17.3. The third-order valence-corrected chi connectivity index (χ3v) is 5.80. The van der Waals surface area contributed by atoms with Crippen molar-refractivity contribution in [2.45, 2.75) is 26.4 Å². The van der Waals surface area contributed by atoms with Gasteiger partial charge < -0.3 is 15.2 Å². The van der Waals surface area contributed by atoms with Gasteiger partial charge in [-0.2, -0.15) is 0 Å². The van der Waals surface area contributed by atoms with Crippen molar-refractivity contribution in [3.63, 3.8) is 0 Å². The molecule has 2 N–H and O–H groups in total. The first kappa shape index (κ1) is 20.1. The normalized spacial score (nSPS) is 11.7. The number of hydrogen-bond donors (Lipinski definition) is 2. The maximum Gasteiger partial charge on any atom is 0.191 e. The molecule has 0 aliphatic carbocycles. The van der Waals surface area contributed by atoms with Crippen LogP contribution in [0.25, 0.3) is 22.3 Å². The molecule has 6 nitrogen and oxygen atoms in total. The van der Waals surface area contributed by atoms with Crippen LogP contribution < -0.4 is 10.6 Å². The number of aliphatic imine (C=N–C) groups is 1. The van der Waals surface area contributed by atoms with Crippen LogP contribution in [-0.4, -0.2) is 34.1 Å². The molecule has 0 aliphatic rings. The highest BCUT2D eigenvalue weighted by atomic mass is 32.1. The molecule has 0 saturated carbocycles. The molecule has 0 saturated heterocycles. The van der Waals surface area contributed by atoms with Gasteiger partial charge in [-0.05, 0) is 25.5 Å². The first-order chi connectivity index (χ1) is 14.7. The average molecular weight is 419 g/mol. The smallest absolute Gasteiger partial charge is 0.191 e. The molecule has 0 atom stereocenters. The van der Waals surface area contributed by atoms with Crippen molar-refractivity contribution >= 4 is 28.3 Å². The Hall–Kier alpha value is -3.19. The summed E-state index contributed by atoms with van der Waals surface area (Å²) in [5.41, 5.74) is 4.40.